The molecule has 4 aliphatic heterocycles. The number of benzene rings is 3. The molecular weight excluding hydrogens is 1490 g/mol. The quantitative estimate of drug-likeness (QED) is 0.0271. The third-order valence-electron chi connectivity index (χ3n) is 23.7. The molecule has 12 atom stereocenters. The molecule has 6 aliphatic rings. The van der Waals surface area contributed by atoms with Gasteiger partial charge in [0.25, 0.3) is 0 Å². The van der Waals surface area contributed by atoms with E-state index in [2.05, 4.69) is 42.0 Å². The number of halogens is 1. The summed E-state index contributed by atoms with van der Waals surface area (Å²) in [7, 11) is 6.73. The van der Waals surface area contributed by atoms with Crippen molar-refractivity contribution in [1.29, 1.82) is 0 Å². The van der Waals surface area contributed by atoms with Crippen molar-refractivity contribution in [1.82, 2.24) is 54.2 Å². The minimum atomic E-state index is -1.21. The first-order chi connectivity index (χ1) is 54.8. The largest absolute Gasteiger partial charge is 0.480 e. The molecule has 2 saturated carbocycles. The summed E-state index contributed by atoms with van der Waals surface area (Å²) in [5, 5.41) is 29.6. The van der Waals surface area contributed by atoms with Gasteiger partial charge in [0, 0.05) is 87.1 Å². The molecule has 0 spiro atoms. The van der Waals surface area contributed by atoms with Crippen LogP contribution in [0, 0.1) is 35.5 Å². The lowest BCUT2D eigenvalue weighted by Crippen LogP contribution is -2.68. The van der Waals surface area contributed by atoms with Crippen LogP contribution in [0.2, 0.25) is 5.02 Å². The summed E-state index contributed by atoms with van der Waals surface area (Å²) in [4.78, 5) is 148. The first-order valence-corrected chi connectivity index (χ1v) is 39.7. The average molecular weight is 1600 g/mol. The maximum absolute atomic E-state index is 13.3. The molecule has 4 saturated heterocycles. The van der Waals surface area contributed by atoms with E-state index in [0.29, 0.717) is 77.0 Å². The Labute approximate surface area is 677 Å². The zero-order valence-electron chi connectivity index (χ0n) is 67.0. The van der Waals surface area contributed by atoms with Crippen LogP contribution in [-0.4, -0.2) is 200 Å². The van der Waals surface area contributed by atoms with Crippen LogP contribution in [0.15, 0.2) is 164 Å². The molecule has 12 rings (SSSR count). The molecule has 614 valence electrons. The van der Waals surface area contributed by atoms with Crippen molar-refractivity contribution in [2.24, 2.45) is 35.5 Å². The van der Waals surface area contributed by atoms with Crippen LogP contribution in [-0.2, 0) is 59.2 Å². The number of aromatic nitrogens is 3. The molecular formula is C86H109ClN14O14. The number of nitrogen functional groups attached to an aromatic ring is 3. The molecule has 10 amide bonds. The first-order valence-electron chi connectivity index (χ1n) is 39.3. The van der Waals surface area contributed by atoms with Gasteiger partial charge in [-0.05, 0) is 186 Å². The second-order valence-electron chi connectivity index (χ2n) is 30.7. The van der Waals surface area contributed by atoms with Crippen LogP contribution in [0.25, 0.3) is 0 Å². The van der Waals surface area contributed by atoms with E-state index >= 15 is 0 Å². The number of carbonyl (C=O) groups is 10. The number of carboxylic acid groups (broad SMARTS) is 3. The van der Waals surface area contributed by atoms with Crippen LogP contribution in [0.5, 0.6) is 0 Å². The molecule has 0 bridgehead atoms. The molecule has 6 aromatic rings. The number of likely N-dealkylation sites (tertiary alicyclic amines) is 4. The highest BCUT2D eigenvalue weighted by Crippen LogP contribution is 2.43. The predicted molar refractivity (Wildman–Crippen MR) is 436 cm³/mol. The van der Waals surface area contributed by atoms with E-state index in [1.807, 2.05) is 106 Å². The SMILES string of the molecule is C=C1[C@H](Cc2ccnc(N)c2)[C@@H](C(=O)O)N1C(=O)N(C)[C@H](C)C1CCCCC1.C=C1[C@H](Cc2ccnc(N)c2)[C@@H](C(=O)OCC)N1C(=O)N(C)[C@H](C)C1CCCCC1.C[C@H](c1ccccc1)N(C)C(=O)N1C(=O)[C@H](CCc2cccc(Cl)c2)[C@H]1C(=O)O.C[C@H](c1ccccc1)N(C)C(=O)N1C(=O)[C@H](Cc2ccnc(N)c2)[C@H]1C(=O)O. The number of hydrogen-bond donors (Lipinski definition) is 6. The normalized spacial score (nSPS) is 21.4. The van der Waals surface area contributed by atoms with Crippen LogP contribution in [0.3, 0.4) is 0 Å². The number of pyridine rings is 3. The molecule has 29 heteroatoms. The fourth-order valence-corrected chi connectivity index (χ4v) is 16.6. The molecule has 7 heterocycles. The highest BCUT2D eigenvalue weighted by molar-refractivity contribution is 6.30. The number of nitrogens with two attached hydrogens (primary N) is 3. The van der Waals surface area contributed by atoms with Gasteiger partial charge in [0.1, 0.15) is 29.5 Å². The number of imide groups is 2. The summed E-state index contributed by atoms with van der Waals surface area (Å²) in [6, 6.07) is 30.4. The van der Waals surface area contributed by atoms with Crippen molar-refractivity contribution in [2.75, 3.05) is 52.0 Å². The number of carbonyl (C=O) groups excluding carboxylic acids is 7. The van der Waals surface area contributed by atoms with Gasteiger partial charge in [-0.15, -0.1) is 0 Å². The maximum Gasteiger partial charge on any atom is 0.330 e. The Morgan fingerprint density at radius 1 is 0.470 bits per heavy atom. The Morgan fingerprint density at radius 3 is 1.21 bits per heavy atom. The van der Waals surface area contributed by atoms with Crippen molar-refractivity contribution in [3.8, 4) is 0 Å². The zero-order chi connectivity index (χ0) is 83.8. The summed E-state index contributed by atoms with van der Waals surface area (Å²) < 4.78 is 5.29. The molecule has 115 heavy (non-hydrogen) atoms. The van der Waals surface area contributed by atoms with Gasteiger partial charge >= 0.3 is 48.0 Å². The Balaban J connectivity index is 0.000000175. The van der Waals surface area contributed by atoms with Crippen LogP contribution < -0.4 is 17.2 Å². The van der Waals surface area contributed by atoms with Crippen molar-refractivity contribution in [3.05, 3.63) is 203 Å². The van der Waals surface area contributed by atoms with Crippen molar-refractivity contribution in [2.45, 2.75) is 179 Å². The van der Waals surface area contributed by atoms with E-state index in [-0.39, 0.29) is 67.1 Å². The van der Waals surface area contributed by atoms with Crippen molar-refractivity contribution < 1.29 is 68.0 Å². The fraction of sp³-hybridized carbons (Fsp3) is 0.453. The van der Waals surface area contributed by atoms with E-state index in [1.54, 1.807) is 86.7 Å². The van der Waals surface area contributed by atoms with Crippen molar-refractivity contribution in [3.63, 3.8) is 0 Å². The zero-order valence-corrected chi connectivity index (χ0v) is 67.7. The molecule has 0 unspecified atom stereocenters. The van der Waals surface area contributed by atoms with E-state index < -0.39 is 77.8 Å². The number of anilines is 3. The lowest BCUT2D eigenvalue weighted by atomic mass is 9.80. The lowest BCUT2D eigenvalue weighted by molar-refractivity contribution is -0.166. The first kappa shape index (κ1) is 87.5. The monoisotopic (exact) mass is 1600 g/mol. The van der Waals surface area contributed by atoms with Gasteiger partial charge in [-0.2, -0.15) is 0 Å². The smallest absolute Gasteiger partial charge is 0.330 e. The Kier molecular flexibility index (Phi) is 30.1. The van der Waals surface area contributed by atoms with Gasteiger partial charge in [-0.25, -0.2) is 63.1 Å². The Bertz CT molecular complexity index is 4490. The summed E-state index contributed by atoms with van der Waals surface area (Å²) in [5.74, 6) is -4.71. The third-order valence-corrected chi connectivity index (χ3v) is 23.9. The number of amides is 10. The van der Waals surface area contributed by atoms with E-state index in [4.69, 9.17) is 33.5 Å². The molecule has 3 aromatic carbocycles. The maximum atomic E-state index is 13.3. The Hall–Kier alpha value is -11.4. The molecule has 28 nitrogen and oxygen atoms in total. The van der Waals surface area contributed by atoms with Crippen LogP contribution in [0.1, 0.15) is 151 Å². The summed E-state index contributed by atoms with van der Waals surface area (Å²) in [5.41, 5.74) is 23.6. The number of urea groups is 4. The number of ether oxygens (including phenoxy) is 1. The second-order valence-corrected chi connectivity index (χ2v) is 31.1. The molecule has 6 fully saturated rings. The lowest BCUT2D eigenvalue weighted by Gasteiger charge is -2.50. The van der Waals surface area contributed by atoms with Crippen LogP contribution in [0.4, 0.5) is 36.6 Å². The van der Waals surface area contributed by atoms with Crippen molar-refractivity contribution >= 4 is 88.9 Å². The third kappa shape index (κ3) is 20.6. The number of carboxylic acids is 3. The minimum absolute atomic E-state index is 0.0779. The second kappa shape index (κ2) is 39.6. The molecule has 0 radical (unpaired) electrons. The predicted octanol–water partition coefficient (Wildman–Crippen LogP) is 12.7. The van der Waals surface area contributed by atoms with Gasteiger partial charge in [0.15, 0.2) is 12.1 Å². The number of aryl methyl sites for hydroxylation is 1. The molecule has 3 aromatic heterocycles. The standard InChI is InChI=1S/C23H34N4O3.C22H23ClN2O4.C21H30N4O3.C20H22N4O4/c1-5-30-22(28)21-19(13-17-11-12-25-20(24)14-17)16(3)27(21)23(29)26(4)15(2)18-9-7-6-8-10-18;1-14(16-8-4-3-5-9-16)24(2)22(29)25-19(21(27)28)18(20(25)26)12-11-15-7-6-10-17(23)13-15;1-13(16-7-5-4-6-8-16)24(3)21(28)25-14(2)17(19(25)20(26)27)11-15-9-10-23-18(22)12-15;1-12(14-6-4-3-5-7-14)23(2)20(28)24-17(19(26)27)15(18(24)25)10-13-8-9-22-16(21)11-13/h11-12,14-15,18-19,21H,3,5-10,13H2,1-2,4H3,(H2,24,25);3-10,13-14,18-19H,11-12H2,1-2H3,(H,27,28);9-10,12-13,16-17,19H,2,4-8,11H2,1,3H3,(H2,22,23)(H,26,27);3-9,11-12,15,17H,10H2,1-2H3,(H2,21,22)(H,26,27)/t15-,19+,21+;14-,18-,19+;13-,17+,19+;12-,15-,17+/m1111/s1. The topological polar surface area (TPSA) is 383 Å². The number of esters is 1. The fourth-order valence-electron chi connectivity index (χ4n) is 16.3. The Morgan fingerprint density at radius 2 is 0.826 bits per heavy atom. The summed E-state index contributed by atoms with van der Waals surface area (Å²) in [6.07, 6.45) is 18.7. The number of hydrogen-bond acceptors (Lipinski definition) is 17. The number of β-lactam (4-membered cyclic amide) rings is 2. The van der Waals surface area contributed by atoms with Gasteiger partial charge < -0.3 is 56.9 Å². The van der Waals surface area contributed by atoms with E-state index in [0.717, 1.165) is 63.3 Å². The number of aliphatic carboxylic acids is 3. The van der Waals surface area contributed by atoms with Gasteiger partial charge in [-0.1, -0.05) is 136 Å². The average Bonchev–Trinajstić information content (AvgIpc) is 0.756. The summed E-state index contributed by atoms with van der Waals surface area (Å²) in [6.45, 7) is 18.0. The number of nitrogens with zero attached hydrogens (tertiary/aromatic N) is 11. The number of rotatable bonds is 22. The minimum Gasteiger partial charge on any atom is -0.480 e. The highest BCUT2D eigenvalue weighted by Gasteiger charge is 2.58. The summed E-state index contributed by atoms with van der Waals surface area (Å²) >= 11 is 5.98. The van der Waals surface area contributed by atoms with Gasteiger partial charge in [0.2, 0.25) is 11.8 Å². The van der Waals surface area contributed by atoms with Gasteiger partial charge in [-0.3, -0.25) is 19.4 Å². The van der Waals surface area contributed by atoms with Crippen LogP contribution >= 0.6 is 11.6 Å². The molecule has 2 aliphatic carbocycles. The van der Waals surface area contributed by atoms with E-state index in [9.17, 15) is 63.3 Å². The highest BCUT2D eigenvalue weighted by atomic mass is 35.5. The van der Waals surface area contributed by atoms with Gasteiger partial charge in [0.05, 0.1) is 30.5 Å². The van der Waals surface area contributed by atoms with E-state index in [1.165, 1.54) is 64.3 Å². The molecule has 9 N–H and O–H groups in total.